The quantitative estimate of drug-likeness (QED) is 0.537. The summed E-state index contributed by atoms with van der Waals surface area (Å²) in [6, 6.07) is 4.34. The Kier molecular flexibility index (Phi) is 4.96. The van der Waals surface area contributed by atoms with E-state index in [4.69, 9.17) is 4.42 Å². The van der Waals surface area contributed by atoms with E-state index in [0.29, 0.717) is 22.1 Å². The number of hydrogen-bond acceptors (Lipinski definition) is 5. The smallest absolute Gasteiger partial charge is 0.262 e. The van der Waals surface area contributed by atoms with Gasteiger partial charge >= 0.3 is 0 Å². The van der Waals surface area contributed by atoms with Crippen LogP contribution in [0.1, 0.15) is 28.2 Å². The van der Waals surface area contributed by atoms with Gasteiger partial charge in [-0.25, -0.2) is 9.37 Å². The first-order chi connectivity index (χ1) is 13.8. The molecule has 0 aliphatic heterocycles. The second-order valence-electron chi connectivity index (χ2n) is 7.02. The number of aromatic nitrogens is 2. The van der Waals surface area contributed by atoms with Crippen LogP contribution < -0.4 is 10.9 Å². The normalized spacial score (nSPS) is 11.4. The summed E-state index contributed by atoms with van der Waals surface area (Å²) in [4.78, 5) is 31.1. The second-order valence-corrected chi connectivity index (χ2v) is 8.23. The van der Waals surface area contributed by atoms with Gasteiger partial charge in [0.2, 0.25) is 5.91 Å². The number of furan rings is 1. The minimum absolute atomic E-state index is 0.125. The molecule has 3 aromatic heterocycles. The van der Waals surface area contributed by atoms with Crippen LogP contribution in [0.15, 0.2) is 33.7 Å². The van der Waals surface area contributed by atoms with Crippen molar-refractivity contribution in [1.82, 2.24) is 14.9 Å². The summed E-state index contributed by atoms with van der Waals surface area (Å²) in [7, 11) is 0. The molecule has 0 unspecified atom stereocenters. The van der Waals surface area contributed by atoms with Crippen molar-refractivity contribution in [1.29, 1.82) is 0 Å². The van der Waals surface area contributed by atoms with E-state index in [-0.39, 0.29) is 36.8 Å². The number of amides is 1. The van der Waals surface area contributed by atoms with Gasteiger partial charge in [0.25, 0.3) is 5.56 Å². The number of aryl methyl sites for hydroxylation is 4. The van der Waals surface area contributed by atoms with Crippen LogP contribution in [0.4, 0.5) is 4.39 Å². The summed E-state index contributed by atoms with van der Waals surface area (Å²) >= 11 is 1.50. The van der Waals surface area contributed by atoms with Gasteiger partial charge in [-0.05, 0) is 44.5 Å². The third-order valence-corrected chi connectivity index (χ3v) is 6.29. The molecule has 4 aromatic rings. The Balaban J connectivity index is 1.43. The minimum Gasteiger partial charge on any atom is -0.459 e. The van der Waals surface area contributed by atoms with E-state index < -0.39 is 0 Å². The Labute approximate surface area is 170 Å². The van der Waals surface area contributed by atoms with Gasteiger partial charge in [0.05, 0.1) is 18.3 Å². The number of thiophene rings is 1. The molecular formula is C21H20FN3O3S. The van der Waals surface area contributed by atoms with Crippen molar-refractivity contribution >= 4 is 38.4 Å². The number of fused-ring (bicyclic) bond motifs is 2. The lowest BCUT2D eigenvalue weighted by atomic mass is 10.1. The van der Waals surface area contributed by atoms with Gasteiger partial charge in [0.1, 0.15) is 22.0 Å². The third kappa shape index (κ3) is 3.55. The summed E-state index contributed by atoms with van der Waals surface area (Å²) in [5.74, 6) is 0.0499. The molecular weight excluding hydrogens is 393 g/mol. The van der Waals surface area contributed by atoms with Crippen LogP contribution in [0.3, 0.4) is 0 Å². The number of hydrogen-bond donors (Lipinski definition) is 1. The zero-order valence-electron chi connectivity index (χ0n) is 16.3. The molecule has 0 saturated carbocycles. The standard InChI is InChI=1S/C21H20FN3O3S/c1-11-13(3)29-20-19(11)21(27)25(10-24-20)7-6-18(26)23-9-17-12(2)15-8-14(22)4-5-16(15)28-17/h4-5,8,10H,6-7,9H2,1-3H3,(H,23,26). The van der Waals surface area contributed by atoms with Crippen LogP contribution in [0.5, 0.6) is 0 Å². The zero-order chi connectivity index (χ0) is 20.7. The highest BCUT2D eigenvalue weighted by molar-refractivity contribution is 7.18. The molecule has 0 radical (unpaired) electrons. The average molecular weight is 413 g/mol. The van der Waals surface area contributed by atoms with E-state index in [1.165, 1.54) is 34.4 Å². The van der Waals surface area contributed by atoms with Crippen LogP contribution in [-0.2, 0) is 17.9 Å². The van der Waals surface area contributed by atoms with Crippen LogP contribution in [0, 0.1) is 26.6 Å². The number of nitrogens with zero attached hydrogens (tertiary/aromatic N) is 2. The predicted molar refractivity (Wildman–Crippen MR) is 111 cm³/mol. The van der Waals surface area contributed by atoms with Crippen LogP contribution >= 0.6 is 11.3 Å². The molecule has 4 rings (SSSR count). The molecule has 0 atom stereocenters. The zero-order valence-corrected chi connectivity index (χ0v) is 17.2. The molecule has 1 aromatic carbocycles. The van der Waals surface area contributed by atoms with Gasteiger partial charge in [-0.3, -0.25) is 14.2 Å². The van der Waals surface area contributed by atoms with E-state index in [0.717, 1.165) is 20.8 Å². The number of halogens is 1. The summed E-state index contributed by atoms with van der Waals surface area (Å²) in [5.41, 5.74) is 2.20. The number of benzene rings is 1. The van der Waals surface area contributed by atoms with Crippen molar-refractivity contribution in [2.45, 2.75) is 40.3 Å². The van der Waals surface area contributed by atoms with Crippen molar-refractivity contribution in [3.63, 3.8) is 0 Å². The van der Waals surface area contributed by atoms with Gasteiger partial charge < -0.3 is 9.73 Å². The Morgan fingerprint density at radius 3 is 2.86 bits per heavy atom. The van der Waals surface area contributed by atoms with Gasteiger partial charge in [0.15, 0.2) is 0 Å². The van der Waals surface area contributed by atoms with E-state index in [2.05, 4.69) is 10.3 Å². The number of carbonyl (C=O) groups is 1. The first-order valence-electron chi connectivity index (χ1n) is 9.24. The summed E-state index contributed by atoms with van der Waals surface area (Å²) in [6.45, 7) is 6.16. The van der Waals surface area contributed by atoms with Crippen molar-refractivity contribution in [2.24, 2.45) is 0 Å². The maximum Gasteiger partial charge on any atom is 0.262 e. The molecule has 3 heterocycles. The first-order valence-corrected chi connectivity index (χ1v) is 10.1. The highest BCUT2D eigenvalue weighted by Gasteiger charge is 2.14. The first kappa shape index (κ1) is 19.3. The Morgan fingerprint density at radius 2 is 2.07 bits per heavy atom. The largest absolute Gasteiger partial charge is 0.459 e. The fourth-order valence-electron chi connectivity index (χ4n) is 3.33. The lowest BCUT2D eigenvalue weighted by Crippen LogP contribution is -2.27. The van der Waals surface area contributed by atoms with E-state index >= 15 is 0 Å². The molecule has 29 heavy (non-hydrogen) atoms. The average Bonchev–Trinajstić information content (AvgIpc) is 3.16. The Bertz CT molecular complexity index is 1300. The summed E-state index contributed by atoms with van der Waals surface area (Å²) in [5, 5.41) is 4.12. The fraction of sp³-hybridized carbons (Fsp3) is 0.286. The van der Waals surface area contributed by atoms with E-state index in [1.807, 2.05) is 20.8 Å². The van der Waals surface area contributed by atoms with Gasteiger partial charge in [-0.15, -0.1) is 11.3 Å². The Hall–Kier alpha value is -3.00. The lowest BCUT2D eigenvalue weighted by molar-refractivity contribution is -0.121. The lowest BCUT2D eigenvalue weighted by Gasteiger charge is -2.07. The predicted octanol–water partition coefficient (Wildman–Crippen LogP) is 3.98. The summed E-state index contributed by atoms with van der Waals surface area (Å²) in [6.07, 6.45) is 1.63. The Morgan fingerprint density at radius 1 is 1.28 bits per heavy atom. The number of rotatable bonds is 5. The minimum atomic E-state index is -0.330. The van der Waals surface area contributed by atoms with Crippen LogP contribution in [0.2, 0.25) is 0 Å². The van der Waals surface area contributed by atoms with E-state index in [1.54, 1.807) is 6.07 Å². The van der Waals surface area contributed by atoms with E-state index in [9.17, 15) is 14.0 Å². The van der Waals surface area contributed by atoms with Crippen molar-refractivity contribution in [2.75, 3.05) is 0 Å². The fourth-order valence-corrected chi connectivity index (χ4v) is 4.32. The molecule has 0 bridgehead atoms. The molecule has 1 N–H and O–H groups in total. The third-order valence-electron chi connectivity index (χ3n) is 5.18. The van der Waals surface area contributed by atoms with Gasteiger partial charge in [0, 0.05) is 28.8 Å². The molecule has 0 fully saturated rings. The second kappa shape index (κ2) is 7.44. The molecule has 1 amide bonds. The number of carbonyl (C=O) groups excluding carboxylic acids is 1. The molecule has 0 aliphatic carbocycles. The maximum absolute atomic E-state index is 13.4. The SMILES string of the molecule is Cc1sc2ncn(CCC(=O)NCc3oc4ccc(F)cc4c3C)c(=O)c2c1C. The molecule has 0 spiro atoms. The van der Waals surface area contributed by atoms with Crippen molar-refractivity contribution in [3.05, 3.63) is 62.5 Å². The topological polar surface area (TPSA) is 77.1 Å². The molecule has 0 aliphatic rings. The molecule has 6 nitrogen and oxygen atoms in total. The maximum atomic E-state index is 13.4. The molecule has 0 saturated heterocycles. The molecule has 8 heteroatoms. The molecule has 150 valence electrons. The summed E-state index contributed by atoms with van der Waals surface area (Å²) < 4.78 is 20.6. The van der Waals surface area contributed by atoms with Crippen molar-refractivity contribution < 1.29 is 13.6 Å². The van der Waals surface area contributed by atoms with Crippen LogP contribution in [-0.4, -0.2) is 15.5 Å². The number of nitrogens with one attached hydrogen (secondary N) is 1. The van der Waals surface area contributed by atoms with Crippen LogP contribution in [0.25, 0.3) is 21.2 Å². The highest BCUT2D eigenvalue weighted by atomic mass is 32.1. The van der Waals surface area contributed by atoms with Crippen molar-refractivity contribution in [3.8, 4) is 0 Å². The van der Waals surface area contributed by atoms with Gasteiger partial charge in [-0.2, -0.15) is 0 Å². The highest BCUT2D eigenvalue weighted by Crippen LogP contribution is 2.26. The monoisotopic (exact) mass is 413 g/mol. The van der Waals surface area contributed by atoms with Gasteiger partial charge in [-0.1, -0.05) is 0 Å².